The van der Waals surface area contributed by atoms with Crippen LogP contribution in [0.15, 0.2) is 51.4 Å². The van der Waals surface area contributed by atoms with Gasteiger partial charge in [-0.1, -0.05) is 28.9 Å². The molecule has 0 aliphatic carbocycles. The molecule has 21 heavy (non-hydrogen) atoms. The summed E-state index contributed by atoms with van der Waals surface area (Å²) in [5.74, 6) is 0.676. The molecule has 0 aliphatic heterocycles. The van der Waals surface area contributed by atoms with Crippen LogP contribution in [0.3, 0.4) is 0 Å². The molecule has 0 saturated heterocycles. The van der Waals surface area contributed by atoms with Crippen LogP contribution in [0.1, 0.15) is 12.5 Å². The van der Waals surface area contributed by atoms with Gasteiger partial charge in [-0.25, -0.2) is 4.79 Å². The number of carbonyl (C=O) groups is 1. The van der Waals surface area contributed by atoms with E-state index in [0.29, 0.717) is 11.5 Å². The van der Waals surface area contributed by atoms with Crippen molar-refractivity contribution in [3.8, 4) is 11.5 Å². The van der Waals surface area contributed by atoms with E-state index in [-0.39, 0.29) is 6.61 Å². The minimum absolute atomic E-state index is 0.135. The van der Waals surface area contributed by atoms with Crippen molar-refractivity contribution in [3.05, 3.63) is 57.0 Å². The smallest absolute Gasteiger partial charge is 0.349 e. The lowest BCUT2D eigenvalue weighted by atomic mass is 10.2. The van der Waals surface area contributed by atoms with Gasteiger partial charge in [-0.15, -0.1) is 0 Å². The highest BCUT2D eigenvalue weighted by molar-refractivity contribution is 9.10. The Bertz CT molecular complexity index is 624. The van der Waals surface area contributed by atoms with Gasteiger partial charge in [-0.3, -0.25) is 0 Å². The van der Waals surface area contributed by atoms with Crippen molar-refractivity contribution in [2.45, 2.75) is 13.3 Å². The van der Waals surface area contributed by atoms with Gasteiger partial charge in [-0.2, -0.15) is 0 Å². The van der Waals surface area contributed by atoms with E-state index in [0.717, 1.165) is 15.4 Å². The summed E-state index contributed by atoms with van der Waals surface area (Å²) >= 11 is 6.73. The first kappa shape index (κ1) is 16.0. The van der Waals surface area contributed by atoms with Gasteiger partial charge in [0, 0.05) is 4.47 Å². The topological polar surface area (TPSA) is 35.5 Å². The minimum atomic E-state index is -0.442. The number of halogens is 2. The number of hydrogen-bond donors (Lipinski definition) is 0. The van der Waals surface area contributed by atoms with E-state index in [1.807, 2.05) is 24.3 Å². The number of aryl methyl sites for hydroxylation is 1. The summed E-state index contributed by atoms with van der Waals surface area (Å²) in [6.07, 6.45) is 0.930. The molecule has 0 saturated carbocycles. The second-order valence-corrected chi connectivity index (χ2v) is 6.11. The van der Waals surface area contributed by atoms with Crippen molar-refractivity contribution in [1.82, 2.24) is 0 Å². The van der Waals surface area contributed by atoms with E-state index in [9.17, 15) is 4.79 Å². The van der Waals surface area contributed by atoms with Gasteiger partial charge >= 0.3 is 5.97 Å². The molecule has 0 atom stereocenters. The fourth-order valence-corrected chi connectivity index (χ4v) is 2.44. The summed E-state index contributed by atoms with van der Waals surface area (Å²) in [4.78, 5) is 11.8. The molecule has 0 unspecified atom stereocenters. The second-order valence-electron chi connectivity index (χ2n) is 4.33. The Balaban J connectivity index is 1.91. The lowest BCUT2D eigenvalue weighted by Crippen LogP contribution is -2.17. The molecular weight excluding hydrogens is 400 g/mol. The van der Waals surface area contributed by atoms with Crippen LogP contribution in [0.5, 0.6) is 11.5 Å². The maximum Gasteiger partial charge on any atom is 0.349 e. The molecular formula is C16H14Br2O3. The third-order valence-electron chi connectivity index (χ3n) is 2.80. The molecule has 0 N–H and O–H groups in total. The number of rotatable bonds is 5. The first-order chi connectivity index (χ1) is 10.1. The molecule has 0 spiro atoms. The molecule has 2 aromatic rings. The molecule has 0 amide bonds. The second kappa shape index (κ2) is 7.61. The van der Waals surface area contributed by atoms with Crippen molar-refractivity contribution >= 4 is 37.8 Å². The van der Waals surface area contributed by atoms with Crippen LogP contribution in [0.2, 0.25) is 0 Å². The van der Waals surface area contributed by atoms with Gasteiger partial charge in [0.25, 0.3) is 0 Å². The molecule has 0 radical (unpaired) electrons. The molecule has 0 heterocycles. The molecule has 3 nitrogen and oxygen atoms in total. The standard InChI is InChI=1S/C16H14Br2O3/c1-2-11-3-8-15(14(18)9-11)21-16(19)10-20-13-6-4-12(17)5-7-13/h3-9H,2,10H2,1H3. The average Bonchev–Trinajstić information content (AvgIpc) is 2.48. The zero-order valence-electron chi connectivity index (χ0n) is 11.4. The quantitative estimate of drug-likeness (QED) is 0.523. The number of esters is 1. The lowest BCUT2D eigenvalue weighted by Gasteiger charge is -2.09. The first-order valence-corrected chi connectivity index (χ1v) is 8.04. The highest BCUT2D eigenvalue weighted by Crippen LogP contribution is 2.26. The summed E-state index contributed by atoms with van der Waals surface area (Å²) < 4.78 is 12.4. The molecule has 5 heteroatoms. The molecule has 2 aromatic carbocycles. The maximum absolute atomic E-state index is 11.8. The van der Waals surface area contributed by atoms with Crippen LogP contribution >= 0.6 is 31.9 Å². The molecule has 0 aliphatic rings. The summed E-state index contributed by atoms with van der Waals surface area (Å²) in [6, 6.07) is 12.9. The highest BCUT2D eigenvalue weighted by Gasteiger charge is 2.09. The van der Waals surface area contributed by atoms with Crippen molar-refractivity contribution < 1.29 is 14.3 Å². The number of ether oxygens (including phenoxy) is 2. The zero-order valence-corrected chi connectivity index (χ0v) is 14.6. The largest absolute Gasteiger partial charge is 0.482 e. The predicted octanol–water partition coefficient (Wildman–Crippen LogP) is 4.76. The van der Waals surface area contributed by atoms with Crippen LogP contribution < -0.4 is 9.47 Å². The van der Waals surface area contributed by atoms with Crippen LogP contribution in [-0.2, 0) is 11.2 Å². The number of benzene rings is 2. The third-order valence-corrected chi connectivity index (χ3v) is 3.95. The fourth-order valence-electron chi connectivity index (χ4n) is 1.67. The molecule has 0 aromatic heterocycles. The zero-order chi connectivity index (χ0) is 15.2. The van der Waals surface area contributed by atoms with E-state index >= 15 is 0 Å². The van der Waals surface area contributed by atoms with Crippen LogP contribution in [-0.4, -0.2) is 12.6 Å². The van der Waals surface area contributed by atoms with E-state index in [1.165, 1.54) is 5.56 Å². The minimum Gasteiger partial charge on any atom is -0.482 e. The Labute approximate surface area is 140 Å². The van der Waals surface area contributed by atoms with Gasteiger partial charge in [0.05, 0.1) is 4.47 Å². The SMILES string of the molecule is CCc1ccc(OC(=O)COc2ccc(Br)cc2)c(Br)c1. The van der Waals surface area contributed by atoms with E-state index in [1.54, 1.807) is 18.2 Å². The monoisotopic (exact) mass is 412 g/mol. The van der Waals surface area contributed by atoms with Gasteiger partial charge in [0.2, 0.25) is 0 Å². The van der Waals surface area contributed by atoms with E-state index in [2.05, 4.69) is 38.8 Å². The van der Waals surface area contributed by atoms with Gasteiger partial charge in [0.15, 0.2) is 6.61 Å². The fraction of sp³-hybridized carbons (Fsp3) is 0.188. The molecule has 2 rings (SSSR count). The Hall–Kier alpha value is -1.33. The normalized spacial score (nSPS) is 10.2. The average molecular weight is 414 g/mol. The van der Waals surface area contributed by atoms with Crippen LogP contribution in [0, 0.1) is 0 Å². The number of carbonyl (C=O) groups excluding carboxylic acids is 1. The Morgan fingerprint density at radius 1 is 1.10 bits per heavy atom. The summed E-state index contributed by atoms with van der Waals surface area (Å²) in [6.45, 7) is 1.93. The van der Waals surface area contributed by atoms with Crippen molar-refractivity contribution in [2.24, 2.45) is 0 Å². The van der Waals surface area contributed by atoms with Crippen molar-refractivity contribution in [2.75, 3.05) is 6.61 Å². The Kier molecular flexibility index (Phi) is 5.82. The summed E-state index contributed by atoms with van der Waals surface area (Å²) in [5.41, 5.74) is 1.17. The molecule has 0 fully saturated rings. The van der Waals surface area contributed by atoms with Crippen molar-refractivity contribution in [1.29, 1.82) is 0 Å². The summed E-state index contributed by atoms with van der Waals surface area (Å²) in [7, 11) is 0. The first-order valence-electron chi connectivity index (χ1n) is 6.46. The Morgan fingerprint density at radius 3 is 2.43 bits per heavy atom. The third kappa shape index (κ3) is 4.86. The predicted molar refractivity (Wildman–Crippen MR) is 88.8 cm³/mol. The lowest BCUT2D eigenvalue weighted by molar-refractivity contribution is -0.136. The molecule has 110 valence electrons. The van der Waals surface area contributed by atoms with Gasteiger partial charge in [-0.05, 0) is 64.3 Å². The number of hydrogen-bond acceptors (Lipinski definition) is 3. The summed E-state index contributed by atoms with van der Waals surface area (Å²) in [5, 5.41) is 0. The Morgan fingerprint density at radius 2 is 1.81 bits per heavy atom. The van der Waals surface area contributed by atoms with Crippen LogP contribution in [0.4, 0.5) is 0 Å². The van der Waals surface area contributed by atoms with Crippen molar-refractivity contribution in [3.63, 3.8) is 0 Å². The van der Waals surface area contributed by atoms with E-state index in [4.69, 9.17) is 9.47 Å². The van der Waals surface area contributed by atoms with E-state index < -0.39 is 5.97 Å². The highest BCUT2D eigenvalue weighted by atomic mass is 79.9. The molecule has 0 bridgehead atoms. The van der Waals surface area contributed by atoms with Gasteiger partial charge < -0.3 is 9.47 Å². The maximum atomic E-state index is 11.8. The van der Waals surface area contributed by atoms with Gasteiger partial charge in [0.1, 0.15) is 11.5 Å². The van der Waals surface area contributed by atoms with Crippen LogP contribution in [0.25, 0.3) is 0 Å².